The molecule has 0 aliphatic carbocycles. The summed E-state index contributed by atoms with van der Waals surface area (Å²) < 4.78 is 2.30. The predicted molar refractivity (Wildman–Crippen MR) is 111 cm³/mol. The second kappa shape index (κ2) is 6.85. The van der Waals surface area contributed by atoms with E-state index in [0.717, 1.165) is 47.9 Å². The second-order valence-electron chi connectivity index (χ2n) is 9.03. The molecule has 148 valence electrons. The monoisotopic (exact) mass is 379 g/mol. The van der Waals surface area contributed by atoms with Gasteiger partial charge in [-0.05, 0) is 26.0 Å². The zero-order chi connectivity index (χ0) is 20.1. The van der Waals surface area contributed by atoms with Gasteiger partial charge in [0.2, 0.25) is 0 Å². The van der Waals surface area contributed by atoms with Gasteiger partial charge >= 0.3 is 0 Å². The Bertz CT molecular complexity index is 1070. The molecule has 1 aliphatic heterocycles. The van der Waals surface area contributed by atoms with Crippen molar-refractivity contribution in [3.8, 4) is 0 Å². The average Bonchev–Trinajstić information content (AvgIpc) is 2.99. The van der Waals surface area contributed by atoms with Crippen molar-refractivity contribution in [1.82, 2.24) is 24.4 Å². The quantitative estimate of drug-likeness (QED) is 0.756. The second-order valence-corrected chi connectivity index (χ2v) is 9.03. The van der Waals surface area contributed by atoms with E-state index in [1.165, 1.54) is 5.52 Å². The molecule has 4 rings (SSSR count). The van der Waals surface area contributed by atoms with Gasteiger partial charge in [-0.25, -0.2) is 9.97 Å². The summed E-state index contributed by atoms with van der Waals surface area (Å²) >= 11 is 0. The maximum absolute atomic E-state index is 12.7. The summed E-state index contributed by atoms with van der Waals surface area (Å²) in [5, 5.41) is 0. The van der Waals surface area contributed by atoms with Gasteiger partial charge in [0, 0.05) is 31.0 Å². The molecule has 2 aromatic heterocycles. The lowest BCUT2D eigenvalue weighted by Gasteiger charge is -2.29. The van der Waals surface area contributed by atoms with Crippen molar-refractivity contribution >= 4 is 11.0 Å². The highest BCUT2D eigenvalue weighted by Gasteiger charge is 2.26. The summed E-state index contributed by atoms with van der Waals surface area (Å²) in [5.41, 5.74) is 3.77. The number of fused-ring (bicyclic) bond motifs is 2. The van der Waals surface area contributed by atoms with Crippen LogP contribution in [0.3, 0.4) is 0 Å². The van der Waals surface area contributed by atoms with Crippen LogP contribution in [0.5, 0.6) is 0 Å². The number of hydrogen-bond acceptors (Lipinski definition) is 4. The van der Waals surface area contributed by atoms with Crippen LogP contribution in [-0.2, 0) is 24.9 Å². The molecule has 3 aromatic rings. The van der Waals surface area contributed by atoms with E-state index >= 15 is 0 Å². The molecule has 0 saturated heterocycles. The van der Waals surface area contributed by atoms with Crippen LogP contribution in [0.2, 0.25) is 0 Å². The van der Waals surface area contributed by atoms with Crippen molar-refractivity contribution in [1.29, 1.82) is 0 Å². The molecule has 0 atom stereocenters. The molecule has 1 aromatic carbocycles. The summed E-state index contributed by atoms with van der Waals surface area (Å²) in [7, 11) is 0. The van der Waals surface area contributed by atoms with Crippen LogP contribution in [0.4, 0.5) is 0 Å². The van der Waals surface area contributed by atoms with Crippen LogP contribution in [0.25, 0.3) is 11.0 Å². The van der Waals surface area contributed by atoms with E-state index in [1.54, 1.807) is 0 Å². The summed E-state index contributed by atoms with van der Waals surface area (Å²) in [6.07, 6.45) is 0.796. The van der Waals surface area contributed by atoms with Crippen LogP contribution in [0, 0.1) is 0 Å². The van der Waals surface area contributed by atoms with Crippen molar-refractivity contribution < 1.29 is 0 Å². The van der Waals surface area contributed by atoms with Crippen molar-refractivity contribution in [2.24, 2.45) is 0 Å². The Labute approximate surface area is 165 Å². The first-order chi connectivity index (χ1) is 13.2. The SMILES string of the molecule is CC(C)n1c(CN2CCc3nc(C(C)(C)C)[nH]c(=O)c3C2)nc2ccccc21. The number of hydrogen-bond donors (Lipinski definition) is 1. The maximum atomic E-state index is 12.7. The van der Waals surface area contributed by atoms with E-state index in [9.17, 15) is 4.79 Å². The van der Waals surface area contributed by atoms with Gasteiger partial charge in [0.05, 0.1) is 28.8 Å². The number of benzene rings is 1. The fourth-order valence-electron chi connectivity index (χ4n) is 3.95. The predicted octanol–water partition coefficient (Wildman–Crippen LogP) is 3.56. The third-order valence-electron chi connectivity index (χ3n) is 5.41. The number of nitrogens with zero attached hydrogens (tertiary/aromatic N) is 4. The Hall–Kier alpha value is -2.47. The number of rotatable bonds is 3. The highest BCUT2D eigenvalue weighted by molar-refractivity contribution is 5.76. The molecule has 6 heteroatoms. The molecule has 28 heavy (non-hydrogen) atoms. The molecule has 1 aliphatic rings. The molecule has 0 amide bonds. The van der Waals surface area contributed by atoms with Gasteiger partial charge in [-0.1, -0.05) is 32.9 Å². The number of para-hydroxylation sites is 2. The molecule has 0 unspecified atom stereocenters. The smallest absolute Gasteiger partial charge is 0.255 e. The largest absolute Gasteiger partial charge is 0.324 e. The minimum atomic E-state index is -0.159. The number of imidazole rings is 1. The third-order valence-corrected chi connectivity index (χ3v) is 5.41. The Kier molecular flexibility index (Phi) is 4.62. The van der Waals surface area contributed by atoms with Crippen LogP contribution in [-0.4, -0.2) is 31.0 Å². The molecular formula is C22H29N5O. The minimum absolute atomic E-state index is 0.00279. The topological polar surface area (TPSA) is 66.8 Å². The number of nitrogens with one attached hydrogen (secondary N) is 1. The fraction of sp³-hybridized carbons (Fsp3) is 0.500. The first-order valence-corrected chi connectivity index (χ1v) is 10.0. The van der Waals surface area contributed by atoms with Crippen molar-refractivity contribution in [2.75, 3.05) is 6.54 Å². The Morgan fingerprint density at radius 1 is 1.18 bits per heavy atom. The Balaban J connectivity index is 1.64. The van der Waals surface area contributed by atoms with Crippen LogP contribution in [0.15, 0.2) is 29.1 Å². The number of aromatic amines is 1. The zero-order valence-electron chi connectivity index (χ0n) is 17.4. The minimum Gasteiger partial charge on any atom is -0.324 e. The molecule has 0 fully saturated rings. The van der Waals surface area contributed by atoms with Gasteiger partial charge in [0.25, 0.3) is 5.56 Å². The van der Waals surface area contributed by atoms with Crippen molar-refractivity contribution in [3.05, 3.63) is 57.5 Å². The molecule has 0 bridgehead atoms. The molecule has 1 N–H and O–H groups in total. The lowest BCUT2D eigenvalue weighted by atomic mass is 9.95. The van der Waals surface area contributed by atoms with Gasteiger partial charge in [0.1, 0.15) is 11.6 Å². The molecule has 6 nitrogen and oxygen atoms in total. The summed E-state index contributed by atoms with van der Waals surface area (Å²) in [6.45, 7) is 12.8. The molecule has 0 spiro atoms. The molecule has 0 radical (unpaired) electrons. The van der Waals surface area contributed by atoms with Crippen molar-refractivity contribution in [3.63, 3.8) is 0 Å². The lowest BCUT2D eigenvalue weighted by molar-refractivity contribution is 0.231. The van der Waals surface area contributed by atoms with E-state index in [1.807, 2.05) is 6.07 Å². The highest BCUT2D eigenvalue weighted by atomic mass is 16.1. The van der Waals surface area contributed by atoms with Crippen molar-refractivity contribution in [2.45, 2.75) is 65.6 Å². The van der Waals surface area contributed by atoms with E-state index in [2.05, 4.69) is 67.3 Å². The first kappa shape index (κ1) is 18.9. The van der Waals surface area contributed by atoms with E-state index in [4.69, 9.17) is 9.97 Å². The average molecular weight is 380 g/mol. The fourth-order valence-corrected chi connectivity index (χ4v) is 3.95. The molecule has 3 heterocycles. The zero-order valence-corrected chi connectivity index (χ0v) is 17.4. The molecule has 0 saturated carbocycles. The summed E-state index contributed by atoms with van der Waals surface area (Å²) in [4.78, 5) is 27.6. The van der Waals surface area contributed by atoms with Gasteiger partial charge in [0.15, 0.2) is 0 Å². The van der Waals surface area contributed by atoms with Crippen LogP contribution >= 0.6 is 0 Å². The van der Waals surface area contributed by atoms with Gasteiger partial charge in [-0.15, -0.1) is 0 Å². The first-order valence-electron chi connectivity index (χ1n) is 10.0. The van der Waals surface area contributed by atoms with Gasteiger partial charge in [-0.2, -0.15) is 0 Å². The van der Waals surface area contributed by atoms with Gasteiger partial charge < -0.3 is 9.55 Å². The number of aromatic nitrogens is 4. The summed E-state index contributed by atoms with van der Waals surface area (Å²) in [5.74, 6) is 1.82. The maximum Gasteiger partial charge on any atom is 0.255 e. The Morgan fingerprint density at radius 3 is 2.64 bits per heavy atom. The normalized spacial score (nSPS) is 15.4. The number of H-pyrrole nitrogens is 1. The molecular weight excluding hydrogens is 350 g/mol. The van der Waals surface area contributed by atoms with E-state index < -0.39 is 0 Å². The van der Waals surface area contributed by atoms with E-state index in [-0.39, 0.29) is 11.0 Å². The highest BCUT2D eigenvalue weighted by Crippen LogP contribution is 2.24. The lowest BCUT2D eigenvalue weighted by Crippen LogP contribution is -2.37. The van der Waals surface area contributed by atoms with Crippen LogP contribution in [0.1, 0.15) is 63.6 Å². The standard InChI is InChI=1S/C22H29N5O/c1-14(2)27-18-9-7-6-8-17(18)23-19(27)13-26-11-10-16-15(12-26)20(28)25-21(24-16)22(3,4)5/h6-9,14H,10-13H2,1-5H3,(H,24,25,28). The Morgan fingerprint density at radius 2 is 1.93 bits per heavy atom. The van der Waals surface area contributed by atoms with Gasteiger partial charge in [-0.3, -0.25) is 9.69 Å². The third kappa shape index (κ3) is 3.37. The van der Waals surface area contributed by atoms with E-state index in [0.29, 0.717) is 12.6 Å². The van der Waals surface area contributed by atoms with Crippen LogP contribution < -0.4 is 5.56 Å². The summed E-state index contributed by atoms with van der Waals surface area (Å²) in [6, 6.07) is 8.60.